The number of carbonyl (C=O) groups is 2. The lowest BCUT2D eigenvalue weighted by molar-refractivity contribution is -0.127. The Kier molecular flexibility index (Phi) is 7.24. The first-order valence-corrected chi connectivity index (χ1v) is 11.6. The summed E-state index contributed by atoms with van der Waals surface area (Å²) < 4.78 is 38.5. The molecule has 3 aromatic rings. The van der Waals surface area contributed by atoms with Gasteiger partial charge in [0.2, 0.25) is 5.91 Å². The number of nitrogens with one attached hydrogen (secondary N) is 1. The van der Waals surface area contributed by atoms with Crippen molar-refractivity contribution in [1.29, 1.82) is 0 Å². The summed E-state index contributed by atoms with van der Waals surface area (Å²) in [5.41, 5.74) is 0.762. The van der Waals surface area contributed by atoms with Gasteiger partial charge in [0.05, 0.1) is 0 Å². The zero-order chi connectivity index (χ0) is 25.9. The fraction of sp³-hybridized carbons (Fsp3) is 0.286. The Morgan fingerprint density at radius 3 is 2.08 bits per heavy atom. The molecule has 8 heteroatoms. The van der Waals surface area contributed by atoms with Crippen molar-refractivity contribution < 1.29 is 27.8 Å². The predicted octanol–water partition coefficient (Wildman–Crippen LogP) is 5.03. The van der Waals surface area contributed by atoms with Gasteiger partial charge in [-0.15, -0.1) is 0 Å². The van der Waals surface area contributed by atoms with Gasteiger partial charge in [0.1, 0.15) is 30.9 Å². The van der Waals surface area contributed by atoms with Gasteiger partial charge in [0.15, 0.2) is 11.5 Å². The third kappa shape index (κ3) is 6.00. The van der Waals surface area contributed by atoms with E-state index >= 15 is 0 Å². The SMILES string of the molecule is CC(C)(C)NC(=O)[C@@H](c1ccc(F)cc1)N(Cc1ccc(F)cc1)C(=O)c1ccc2c(c1)OCCO2. The number of ether oxygens (including phenoxy) is 2. The number of amides is 2. The third-order valence-corrected chi connectivity index (χ3v) is 5.56. The summed E-state index contributed by atoms with van der Waals surface area (Å²) in [6.45, 7) is 6.28. The number of benzene rings is 3. The Morgan fingerprint density at radius 2 is 1.47 bits per heavy atom. The predicted molar refractivity (Wildman–Crippen MR) is 131 cm³/mol. The topological polar surface area (TPSA) is 67.9 Å². The highest BCUT2D eigenvalue weighted by molar-refractivity contribution is 5.98. The number of hydrogen-bond donors (Lipinski definition) is 1. The molecule has 3 aromatic carbocycles. The van der Waals surface area contributed by atoms with Crippen LogP contribution in [-0.4, -0.2) is 35.5 Å². The van der Waals surface area contributed by atoms with E-state index in [1.54, 1.807) is 30.3 Å². The second kappa shape index (κ2) is 10.4. The summed E-state index contributed by atoms with van der Waals surface area (Å²) in [5.74, 6) is -0.785. The molecule has 188 valence electrons. The fourth-order valence-corrected chi connectivity index (χ4v) is 3.96. The van der Waals surface area contributed by atoms with Crippen molar-refractivity contribution in [3.05, 3.63) is 95.1 Å². The van der Waals surface area contributed by atoms with Gasteiger partial charge < -0.3 is 19.7 Å². The first-order valence-electron chi connectivity index (χ1n) is 11.6. The van der Waals surface area contributed by atoms with Crippen LogP contribution in [0.1, 0.15) is 48.3 Å². The van der Waals surface area contributed by atoms with E-state index in [-0.39, 0.29) is 12.1 Å². The average Bonchev–Trinajstić information content (AvgIpc) is 2.84. The van der Waals surface area contributed by atoms with E-state index in [4.69, 9.17) is 9.47 Å². The van der Waals surface area contributed by atoms with Gasteiger partial charge in [0.25, 0.3) is 5.91 Å². The number of rotatable bonds is 6. The molecule has 0 aromatic heterocycles. The number of nitrogens with zero attached hydrogens (tertiary/aromatic N) is 1. The molecule has 1 aliphatic heterocycles. The summed E-state index contributed by atoms with van der Waals surface area (Å²) in [6.07, 6.45) is 0. The van der Waals surface area contributed by atoms with Gasteiger partial charge in [0, 0.05) is 17.6 Å². The van der Waals surface area contributed by atoms with Crippen molar-refractivity contribution in [2.75, 3.05) is 13.2 Å². The molecule has 2 amide bonds. The number of fused-ring (bicyclic) bond motifs is 1. The molecular weight excluding hydrogens is 466 g/mol. The zero-order valence-electron chi connectivity index (χ0n) is 20.4. The highest BCUT2D eigenvalue weighted by Crippen LogP contribution is 2.33. The summed E-state index contributed by atoms with van der Waals surface area (Å²) in [6, 6.07) is 14.9. The first-order chi connectivity index (χ1) is 17.1. The molecule has 1 atom stereocenters. The Morgan fingerprint density at radius 1 is 0.889 bits per heavy atom. The van der Waals surface area contributed by atoms with E-state index in [9.17, 15) is 18.4 Å². The molecule has 4 rings (SSSR count). The zero-order valence-corrected chi connectivity index (χ0v) is 20.4. The lowest BCUT2D eigenvalue weighted by Gasteiger charge is -2.34. The third-order valence-electron chi connectivity index (χ3n) is 5.56. The maximum Gasteiger partial charge on any atom is 0.255 e. The van der Waals surface area contributed by atoms with E-state index in [0.717, 1.165) is 0 Å². The minimum Gasteiger partial charge on any atom is -0.486 e. The normalized spacial score (nSPS) is 13.6. The Balaban J connectivity index is 1.79. The van der Waals surface area contributed by atoms with E-state index < -0.39 is 35.0 Å². The van der Waals surface area contributed by atoms with Crippen LogP contribution in [0.3, 0.4) is 0 Å². The van der Waals surface area contributed by atoms with Crippen LogP contribution in [0.2, 0.25) is 0 Å². The Bertz CT molecular complexity index is 1240. The molecule has 0 spiro atoms. The Labute approximate surface area is 208 Å². The second-order valence-electron chi connectivity index (χ2n) is 9.61. The molecule has 0 saturated heterocycles. The van der Waals surface area contributed by atoms with Crippen molar-refractivity contribution >= 4 is 11.8 Å². The summed E-state index contributed by atoms with van der Waals surface area (Å²) in [5, 5.41) is 2.93. The van der Waals surface area contributed by atoms with Gasteiger partial charge >= 0.3 is 0 Å². The monoisotopic (exact) mass is 494 g/mol. The quantitative estimate of drug-likeness (QED) is 0.522. The molecule has 0 fully saturated rings. The molecule has 1 heterocycles. The van der Waals surface area contributed by atoms with Gasteiger partial charge in [-0.05, 0) is 74.4 Å². The van der Waals surface area contributed by atoms with E-state index in [0.29, 0.717) is 35.8 Å². The molecule has 1 aliphatic rings. The molecular formula is C28H28F2N2O4. The molecule has 0 unspecified atom stereocenters. The van der Waals surface area contributed by atoms with Gasteiger partial charge in [-0.3, -0.25) is 9.59 Å². The first kappa shape index (κ1) is 25.2. The molecule has 0 aliphatic carbocycles. The number of hydrogen-bond acceptors (Lipinski definition) is 4. The van der Waals surface area contributed by atoms with Crippen LogP contribution in [0.4, 0.5) is 8.78 Å². The fourth-order valence-electron chi connectivity index (χ4n) is 3.96. The number of carbonyl (C=O) groups excluding carboxylic acids is 2. The number of halogens is 2. The van der Waals surface area contributed by atoms with Crippen molar-refractivity contribution in [3.63, 3.8) is 0 Å². The molecule has 0 bridgehead atoms. The van der Waals surface area contributed by atoms with Crippen LogP contribution in [0.5, 0.6) is 11.5 Å². The minimum absolute atomic E-state index is 0.00710. The standard InChI is InChI=1S/C28H28F2N2O4/c1-28(2,3)31-26(33)25(19-6-11-22(30)12-7-19)32(17-18-4-9-21(29)10-5-18)27(34)20-8-13-23-24(16-20)36-15-14-35-23/h4-13,16,25H,14-15,17H2,1-3H3,(H,31,33)/t25-/m1/s1. The summed E-state index contributed by atoms with van der Waals surface area (Å²) in [4.78, 5) is 28.9. The van der Waals surface area contributed by atoms with Gasteiger partial charge in [-0.1, -0.05) is 24.3 Å². The lowest BCUT2D eigenvalue weighted by Crippen LogP contribution is -2.49. The largest absolute Gasteiger partial charge is 0.486 e. The van der Waals surface area contributed by atoms with Crippen LogP contribution in [0, 0.1) is 11.6 Å². The van der Waals surface area contributed by atoms with E-state index in [2.05, 4.69) is 5.32 Å². The lowest BCUT2D eigenvalue weighted by atomic mass is 9.99. The Hall–Kier alpha value is -3.94. The van der Waals surface area contributed by atoms with E-state index in [1.165, 1.54) is 41.3 Å². The van der Waals surface area contributed by atoms with Crippen molar-refractivity contribution in [2.24, 2.45) is 0 Å². The van der Waals surface area contributed by atoms with Crippen LogP contribution < -0.4 is 14.8 Å². The van der Waals surface area contributed by atoms with Crippen LogP contribution in [-0.2, 0) is 11.3 Å². The molecule has 1 N–H and O–H groups in total. The minimum atomic E-state index is -1.09. The van der Waals surface area contributed by atoms with Crippen LogP contribution >= 0.6 is 0 Å². The second-order valence-corrected chi connectivity index (χ2v) is 9.61. The van der Waals surface area contributed by atoms with Gasteiger partial charge in [-0.25, -0.2) is 8.78 Å². The summed E-state index contributed by atoms with van der Waals surface area (Å²) in [7, 11) is 0. The van der Waals surface area contributed by atoms with Gasteiger partial charge in [-0.2, -0.15) is 0 Å². The smallest absolute Gasteiger partial charge is 0.255 e. The highest BCUT2D eigenvalue weighted by atomic mass is 19.1. The highest BCUT2D eigenvalue weighted by Gasteiger charge is 2.34. The molecule has 0 radical (unpaired) electrons. The van der Waals surface area contributed by atoms with E-state index in [1.807, 2.05) is 20.8 Å². The van der Waals surface area contributed by atoms with Crippen molar-refractivity contribution in [3.8, 4) is 11.5 Å². The molecule has 36 heavy (non-hydrogen) atoms. The van der Waals surface area contributed by atoms with Crippen molar-refractivity contribution in [2.45, 2.75) is 38.9 Å². The molecule has 6 nitrogen and oxygen atoms in total. The maximum atomic E-state index is 14.0. The molecule has 0 saturated carbocycles. The van der Waals surface area contributed by atoms with Crippen molar-refractivity contribution in [1.82, 2.24) is 10.2 Å². The van der Waals surface area contributed by atoms with Crippen LogP contribution in [0.15, 0.2) is 66.7 Å². The van der Waals surface area contributed by atoms with Crippen LogP contribution in [0.25, 0.3) is 0 Å². The summed E-state index contributed by atoms with van der Waals surface area (Å²) >= 11 is 0. The average molecular weight is 495 g/mol. The maximum absolute atomic E-state index is 14.0.